The van der Waals surface area contributed by atoms with Gasteiger partial charge in [-0.3, -0.25) is 4.90 Å². The molecule has 2 heteroatoms. The fourth-order valence-electron chi connectivity index (χ4n) is 2.48. The van der Waals surface area contributed by atoms with E-state index in [0.29, 0.717) is 6.04 Å². The molecule has 2 fully saturated rings. The van der Waals surface area contributed by atoms with Gasteiger partial charge in [0, 0.05) is 18.5 Å². The van der Waals surface area contributed by atoms with Gasteiger partial charge < -0.3 is 0 Å². The molecule has 1 aliphatic carbocycles. The van der Waals surface area contributed by atoms with Gasteiger partial charge in [0.15, 0.2) is 0 Å². The highest BCUT2D eigenvalue weighted by Crippen LogP contribution is 2.29. The number of nitrogens with zero attached hydrogens (tertiary/aromatic N) is 1. The van der Waals surface area contributed by atoms with Crippen molar-refractivity contribution < 1.29 is 0 Å². The largest absolute Gasteiger partial charge is 0.299 e. The van der Waals surface area contributed by atoms with Crippen molar-refractivity contribution in [3.05, 3.63) is 0 Å². The van der Waals surface area contributed by atoms with Crippen molar-refractivity contribution in [2.24, 2.45) is 5.92 Å². The molecule has 1 aliphatic heterocycles. The number of hydrogen-bond acceptors (Lipinski definition) is 1. The van der Waals surface area contributed by atoms with Gasteiger partial charge in [-0.05, 0) is 38.1 Å². The zero-order valence-electron chi connectivity index (χ0n) is 8.34. The fraction of sp³-hybridized carbons (Fsp3) is 1.00. The third kappa shape index (κ3) is 2.38. The molecule has 0 aromatic rings. The lowest BCUT2D eigenvalue weighted by Crippen LogP contribution is -2.44. The van der Waals surface area contributed by atoms with Gasteiger partial charge in [0.1, 0.15) is 0 Å². The first-order valence-electron chi connectivity index (χ1n) is 5.70. The molecule has 0 radical (unpaired) electrons. The van der Waals surface area contributed by atoms with Crippen LogP contribution >= 0.6 is 11.6 Å². The Bertz CT molecular complexity index is 156. The van der Waals surface area contributed by atoms with Gasteiger partial charge in [-0.25, -0.2) is 0 Å². The highest BCUT2D eigenvalue weighted by molar-refractivity contribution is 6.18. The van der Waals surface area contributed by atoms with E-state index in [0.717, 1.165) is 11.8 Å². The monoisotopic (exact) mass is 201 g/mol. The first-order chi connectivity index (χ1) is 6.40. The van der Waals surface area contributed by atoms with E-state index < -0.39 is 0 Å². The van der Waals surface area contributed by atoms with Gasteiger partial charge >= 0.3 is 0 Å². The summed E-state index contributed by atoms with van der Waals surface area (Å²) in [6, 6.07) is 0.691. The predicted octanol–water partition coefficient (Wildman–Crippen LogP) is 2.88. The predicted molar refractivity (Wildman–Crippen MR) is 57.3 cm³/mol. The van der Waals surface area contributed by atoms with Crippen molar-refractivity contribution >= 4 is 11.6 Å². The first-order valence-corrected chi connectivity index (χ1v) is 6.23. The summed E-state index contributed by atoms with van der Waals surface area (Å²) >= 11 is 5.98. The summed E-state index contributed by atoms with van der Waals surface area (Å²) in [5.41, 5.74) is 0. The van der Waals surface area contributed by atoms with Gasteiger partial charge in [0.2, 0.25) is 0 Å². The minimum Gasteiger partial charge on any atom is -0.299 e. The number of likely N-dealkylation sites (tertiary alicyclic amines) is 1. The van der Waals surface area contributed by atoms with Crippen molar-refractivity contribution in [2.75, 3.05) is 19.0 Å². The Morgan fingerprint density at radius 3 is 2.54 bits per heavy atom. The summed E-state index contributed by atoms with van der Waals surface area (Å²) < 4.78 is 0. The molecule has 1 saturated carbocycles. The van der Waals surface area contributed by atoms with E-state index >= 15 is 0 Å². The molecule has 2 aliphatic rings. The Hall–Kier alpha value is 0.250. The molecule has 1 atom stereocenters. The Labute approximate surface area is 86.4 Å². The Morgan fingerprint density at radius 1 is 1.08 bits per heavy atom. The summed E-state index contributed by atoms with van der Waals surface area (Å²) in [7, 11) is 0. The van der Waals surface area contributed by atoms with E-state index in [9.17, 15) is 0 Å². The standard InChI is InChI=1S/C11H20ClN/c12-8-11-6-1-2-7-13(11)9-10-4-3-5-10/h10-11H,1-9H2. The quantitative estimate of drug-likeness (QED) is 0.635. The smallest absolute Gasteiger partial charge is 0.0379 e. The Morgan fingerprint density at radius 2 is 1.92 bits per heavy atom. The third-order valence-corrected chi connectivity index (χ3v) is 4.00. The van der Waals surface area contributed by atoms with E-state index in [1.165, 1.54) is 51.6 Å². The third-order valence-electron chi connectivity index (χ3n) is 3.64. The number of rotatable bonds is 3. The average Bonchev–Trinajstić information content (AvgIpc) is 2.12. The second kappa shape index (κ2) is 4.65. The molecule has 1 nitrogen and oxygen atoms in total. The molecule has 2 rings (SSSR count). The maximum atomic E-state index is 5.98. The minimum atomic E-state index is 0.691. The van der Waals surface area contributed by atoms with Crippen LogP contribution in [0.2, 0.25) is 0 Å². The lowest BCUT2D eigenvalue weighted by molar-refractivity contribution is 0.111. The number of alkyl halides is 1. The minimum absolute atomic E-state index is 0.691. The summed E-state index contributed by atoms with van der Waals surface area (Å²) in [6.45, 7) is 2.63. The van der Waals surface area contributed by atoms with Crippen LogP contribution < -0.4 is 0 Å². The van der Waals surface area contributed by atoms with Crippen LogP contribution in [-0.2, 0) is 0 Å². The van der Waals surface area contributed by atoms with Crippen LogP contribution in [0.5, 0.6) is 0 Å². The van der Waals surface area contributed by atoms with Gasteiger partial charge in [-0.15, -0.1) is 11.6 Å². The van der Waals surface area contributed by atoms with Crippen molar-refractivity contribution in [1.82, 2.24) is 4.90 Å². The summed E-state index contributed by atoms with van der Waals surface area (Å²) in [6.07, 6.45) is 8.50. The van der Waals surface area contributed by atoms with Crippen molar-refractivity contribution in [1.29, 1.82) is 0 Å². The lowest BCUT2D eigenvalue weighted by Gasteiger charge is -2.39. The lowest BCUT2D eigenvalue weighted by atomic mass is 9.84. The van der Waals surface area contributed by atoms with Gasteiger partial charge in [0.25, 0.3) is 0 Å². The zero-order valence-corrected chi connectivity index (χ0v) is 9.10. The van der Waals surface area contributed by atoms with Crippen molar-refractivity contribution in [3.8, 4) is 0 Å². The molecule has 0 amide bonds. The molecule has 1 heterocycles. The molecule has 0 aromatic carbocycles. The maximum Gasteiger partial charge on any atom is 0.0379 e. The van der Waals surface area contributed by atoms with Crippen LogP contribution in [-0.4, -0.2) is 29.9 Å². The summed E-state index contributed by atoms with van der Waals surface area (Å²) in [5.74, 6) is 1.84. The number of piperidine rings is 1. The molecule has 0 aromatic heterocycles. The molecule has 0 N–H and O–H groups in total. The number of halogens is 1. The average molecular weight is 202 g/mol. The van der Waals surface area contributed by atoms with Crippen LogP contribution in [0.25, 0.3) is 0 Å². The van der Waals surface area contributed by atoms with E-state index in [2.05, 4.69) is 4.90 Å². The summed E-state index contributed by atoms with van der Waals surface area (Å²) in [5, 5.41) is 0. The molecular weight excluding hydrogens is 182 g/mol. The molecule has 0 bridgehead atoms. The van der Waals surface area contributed by atoms with Crippen LogP contribution in [0.4, 0.5) is 0 Å². The molecule has 1 unspecified atom stereocenters. The van der Waals surface area contributed by atoms with Crippen LogP contribution in [0.3, 0.4) is 0 Å². The van der Waals surface area contributed by atoms with Gasteiger partial charge in [-0.1, -0.05) is 12.8 Å². The van der Waals surface area contributed by atoms with E-state index in [-0.39, 0.29) is 0 Å². The molecular formula is C11H20ClN. The SMILES string of the molecule is ClCC1CCCCN1CC1CCC1. The normalized spacial score (nSPS) is 31.6. The van der Waals surface area contributed by atoms with E-state index in [4.69, 9.17) is 11.6 Å². The topological polar surface area (TPSA) is 3.24 Å². The van der Waals surface area contributed by atoms with E-state index in [1.54, 1.807) is 0 Å². The highest BCUT2D eigenvalue weighted by Gasteiger charge is 2.26. The molecule has 13 heavy (non-hydrogen) atoms. The van der Waals surface area contributed by atoms with Crippen LogP contribution in [0.1, 0.15) is 38.5 Å². The molecule has 1 saturated heterocycles. The molecule has 0 spiro atoms. The fourth-order valence-corrected chi connectivity index (χ4v) is 2.83. The highest BCUT2D eigenvalue weighted by atomic mass is 35.5. The summed E-state index contributed by atoms with van der Waals surface area (Å²) in [4.78, 5) is 2.64. The van der Waals surface area contributed by atoms with Gasteiger partial charge in [0.05, 0.1) is 0 Å². The first kappa shape index (κ1) is 9.79. The maximum absolute atomic E-state index is 5.98. The zero-order chi connectivity index (χ0) is 9.10. The second-order valence-corrected chi connectivity index (χ2v) is 4.90. The van der Waals surface area contributed by atoms with Crippen molar-refractivity contribution in [3.63, 3.8) is 0 Å². The van der Waals surface area contributed by atoms with Crippen LogP contribution in [0.15, 0.2) is 0 Å². The molecule has 76 valence electrons. The second-order valence-electron chi connectivity index (χ2n) is 4.60. The number of hydrogen-bond donors (Lipinski definition) is 0. The van der Waals surface area contributed by atoms with Crippen LogP contribution in [0, 0.1) is 5.92 Å². The van der Waals surface area contributed by atoms with Crippen molar-refractivity contribution in [2.45, 2.75) is 44.6 Å². The van der Waals surface area contributed by atoms with Gasteiger partial charge in [-0.2, -0.15) is 0 Å². The Balaban J connectivity index is 1.79. The Kier molecular flexibility index (Phi) is 3.51. The van der Waals surface area contributed by atoms with E-state index in [1.807, 2.05) is 0 Å².